The third-order valence-corrected chi connectivity index (χ3v) is 3.06. The van der Waals surface area contributed by atoms with Gasteiger partial charge in [0.1, 0.15) is 5.82 Å². The molecule has 0 fully saturated rings. The Labute approximate surface area is 113 Å². The minimum absolute atomic E-state index is 0.204. The SMILES string of the molecule is Cc1ccc(F)cc1C(=O)NCCCCCCCl. The number of carbonyl (C=O) groups excluding carboxylic acids is 1. The van der Waals surface area contributed by atoms with E-state index in [9.17, 15) is 9.18 Å². The Hall–Kier alpha value is -1.09. The van der Waals surface area contributed by atoms with Crippen molar-refractivity contribution in [3.63, 3.8) is 0 Å². The molecule has 1 N–H and O–H groups in total. The Kier molecular flexibility index (Phi) is 6.73. The number of alkyl halides is 1. The molecule has 100 valence electrons. The summed E-state index contributed by atoms with van der Waals surface area (Å²) in [7, 11) is 0. The predicted molar refractivity (Wildman–Crippen MR) is 72.7 cm³/mol. The van der Waals surface area contributed by atoms with Crippen molar-refractivity contribution in [3.05, 3.63) is 35.1 Å². The van der Waals surface area contributed by atoms with Crippen LogP contribution < -0.4 is 5.32 Å². The highest BCUT2D eigenvalue weighted by Gasteiger charge is 2.09. The van der Waals surface area contributed by atoms with Crippen LogP contribution in [0.4, 0.5) is 4.39 Å². The van der Waals surface area contributed by atoms with Crippen molar-refractivity contribution < 1.29 is 9.18 Å². The highest BCUT2D eigenvalue weighted by molar-refractivity contribution is 6.17. The maximum absolute atomic E-state index is 13.0. The van der Waals surface area contributed by atoms with Gasteiger partial charge in [-0.15, -0.1) is 11.6 Å². The number of hydrogen-bond donors (Lipinski definition) is 1. The molecule has 1 aromatic carbocycles. The second-order valence-corrected chi connectivity index (χ2v) is 4.70. The van der Waals surface area contributed by atoms with Gasteiger partial charge in [0, 0.05) is 18.0 Å². The molecule has 1 rings (SSSR count). The fourth-order valence-electron chi connectivity index (χ4n) is 1.71. The lowest BCUT2D eigenvalue weighted by atomic mass is 10.1. The van der Waals surface area contributed by atoms with Gasteiger partial charge in [-0.3, -0.25) is 4.79 Å². The standard InChI is InChI=1S/C14H19ClFNO/c1-11-6-7-12(16)10-13(11)14(18)17-9-5-3-2-4-8-15/h6-7,10H,2-5,8-9H2,1H3,(H,17,18). The topological polar surface area (TPSA) is 29.1 Å². The van der Waals surface area contributed by atoms with Crippen molar-refractivity contribution in [1.82, 2.24) is 5.32 Å². The summed E-state index contributed by atoms with van der Waals surface area (Å²) < 4.78 is 13.0. The van der Waals surface area contributed by atoms with Crippen LogP contribution in [-0.2, 0) is 0 Å². The van der Waals surface area contributed by atoms with Crippen molar-refractivity contribution in [3.8, 4) is 0 Å². The van der Waals surface area contributed by atoms with E-state index < -0.39 is 0 Å². The average Bonchev–Trinajstić information content (AvgIpc) is 2.36. The van der Waals surface area contributed by atoms with Gasteiger partial charge in [0.2, 0.25) is 0 Å². The molecule has 0 heterocycles. The van der Waals surface area contributed by atoms with Gasteiger partial charge in [-0.1, -0.05) is 18.9 Å². The lowest BCUT2D eigenvalue weighted by Gasteiger charge is -2.07. The van der Waals surface area contributed by atoms with Crippen LogP contribution in [-0.4, -0.2) is 18.3 Å². The summed E-state index contributed by atoms with van der Waals surface area (Å²) in [6, 6.07) is 4.25. The second kappa shape index (κ2) is 8.09. The van der Waals surface area contributed by atoms with Crippen LogP contribution in [0, 0.1) is 12.7 Å². The lowest BCUT2D eigenvalue weighted by molar-refractivity contribution is 0.0952. The number of halogens is 2. The van der Waals surface area contributed by atoms with Gasteiger partial charge in [0.05, 0.1) is 0 Å². The number of rotatable bonds is 7. The largest absolute Gasteiger partial charge is 0.352 e. The van der Waals surface area contributed by atoms with E-state index in [2.05, 4.69) is 5.32 Å². The summed E-state index contributed by atoms with van der Waals surface area (Å²) in [5, 5.41) is 2.81. The number of carbonyl (C=O) groups is 1. The van der Waals surface area contributed by atoms with Crippen LogP contribution in [0.1, 0.15) is 41.6 Å². The molecule has 0 aliphatic heterocycles. The van der Waals surface area contributed by atoms with Crippen molar-refractivity contribution >= 4 is 17.5 Å². The highest BCUT2D eigenvalue weighted by atomic mass is 35.5. The molecule has 0 bridgehead atoms. The van der Waals surface area contributed by atoms with E-state index in [-0.39, 0.29) is 11.7 Å². The van der Waals surface area contributed by atoms with Crippen molar-refractivity contribution in [2.45, 2.75) is 32.6 Å². The van der Waals surface area contributed by atoms with Crippen molar-refractivity contribution in [2.75, 3.05) is 12.4 Å². The van der Waals surface area contributed by atoms with Crippen LogP contribution in [0.15, 0.2) is 18.2 Å². The van der Waals surface area contributed by atoms with Crippen molar-refractivity contribution in [1.29, 1.82) is 0 Å². The summed E-state index contributed by atoms with van der Waals surface area (Å²) in [4.78, 5) is 11.8. The third kappa shape index (κ3) is 5.05. The number of unbranched alkanes of at least 4 members (excludes halogenated alkanes) is 3. The highest BCUT2D eigenvalue weighted by Crippen LogP contribution is 2.10. The molecule has 0 saturated carbocycles. The first kappa shape index (κ1) is 15.0. The molecule has 1 amide bonds. The maximum atomic E-state index is 13.0. The fraction of sp³-hybridized carbons (Fsp3) is 0.500. The average molecular weight is 272 g/mol. The van der Waals surface area contributed by atoms with Crippen LogP contribution in [0.25, 0.3) is 0 Å². The Morgan fingerprint density at radius 2 is 2.00 bits per heavy atom. The minimum atomic E-state index is -0.382. The van der Waals surface area contributed by atoms with E-state index in [1.54, 1.807) is 13.0 Å². The molecule has 0 aliphatic rings. The molecule has 4 heteroatoms. The molecule has 0 unspecified atom stereocenters. The Morgan fingerprint density at radius 1 is 1.28 bits per heavy atom. The van der Waals surface area contributed by atoms with Crippen LogP contribution in [0.3, 0.4) is 0 Å². The first-order chi connectivity index (χ1) is 8.65. The van der Waals surface area contributed by atoms with Gasteiger partial charge in [-0.25, -0.2) is 4.39 Å². The van der Waals surface area contributed by atoms with Gasteiger partial charge in [-0.2, -0.15) is 0 Å². The monoisotopic (exact) mass is 271 g/mol. The minimum Gasteiger partial charge on any atom is -0.352 e. The van der Waals surface area contributed by atoms with Crippen LogP contribution in [0.2, 0.25) is 0 Å². The predicted octanol–water partition coefficient (Wildman–Crippen LogP) is 3.66. The van der Waals surface area contributed by atoms with Gasteiger partial charge >= 0.3 is 0 Å². The molecule has 0 saturated heterocycles. The Morgan fingerprint density at radius 3 is 2.72 bits per heavy atom. The molecule has 0 aliphatic carbocycles. The molecular formula is C14H19ClFNO. The van der Waals surface area contributed by atoms with E-state index in [4.69, 9.17) is 11.6 Å². The lowest BCUT2D eigenvalue weighted by Crippen LogP contribution is -2.25. The van der Waals surface area contributed by atoms with E-state index in [1.165, 1.54) is 12.1 Å². The summed E-state index contributed by atoms with van der Waals surface area (Å²) in [6.07, 6.45) is 4.07. The van der Waals surface area contributed by atoms with Crippen molar-refractivity contribution in [2.24, 2.45) is 0 Å². The summed E-state index contributed by atoms with van der Waals surface area (Å²) in [5.41, 5.74) is 1.20. The number of amides is 1. The van der Waals surface area contributed by atoms with Gasteiger partial charge in [0.25, 0.3) is 5.91 Å². The zero-order valence-electron chi connectivity index (χ0n) is 10.6. The maximum Gasteiger partial charge on any atom is 0.251 e. The van der Waals surface area contributed by atoms with Crippen LogP contribution >= 0.6 is 11.6 Å². The first-order valence-electron chi connectivity index (χ1n) is 6.25. The fourth-order valence-corrected chi connectivity index (χ4v) is 1.90. The summed E-state index contributed by atoms with van der Waals surface area (Å²) in [5.74, 6) is 0.103. The smallest absolute Gasteiger partial charge is 0.251 e. The normalized spacial score (nSPS) is 10.4. The zero-order chi connectivity index (χ0) is 13.4. The quantitative estimate of drug-likeness (QED) is 0.595. The molecule has 0 aromatic heterocycles. The number of nitrogens with one attached hydrogen (secondary N) is 1. The second-order valence-electron chi connectivity index (χ2n) is 4.32. The molecule has 0 spiro atoms. The molecule has 2 nitrogen and oxygen atoms in total. The third-order valence-electron chi connectivity index (χ3n) is 2.79. The summed E-state index contributed by atoms with van der Waals surface area (Å²) >= 11 is 5.57. The first-order valence-corrected chi connectivity index (χ1v) is 6.79. The van der Waals surface area contributed by atoms with Gasteiger partial charge < -0.3 is 5.32 Å². The molecule has 1 aromatic rings. The molecule has 18 heavy (non-hydrogen) atoms. The summed E-state index contributed by atoms with van der Waals surface area (Å²) in [6.45, 7) is 2.42. The zero-order valence-corrected chi connectivity index (χ0v) is 11.4. The number of hydrogen-bond acceptors (Lipinski definition) is 1. The van der Waals surface area contributed by atoms with Gasteiger partial charge in [-0.05, 0) is 37.5 Å². The Balaban J connectivity index is 2.34. The van der Waals surface area contributed by atoms with Crippen LogP contribution in [0.5, 0.6) is 0 Å². The molecule has 0 atom stereocenters. The van der Waals surface area contributed by atoms with E-state index in [0.717, 1.165) is 31.2 Å². The molecule has 0 radical (unpaired) electrons. The van der Waals surface area contributed by atoms with E-state index >= 15 is 0 Å². The Bertz CT molecular complexity index is 395. The van der Waals surface area contributed by atoms with E-state index in [1.807, 2.05) is 0 Å². The number of benzene rings is 1. The molecular weight excluding hydrogens is 253 g/mol. The van der Waals surface area contributed by atoms with Gasteiger partial charge in [0.15, 0.2) is 0 Å². The van der Waals surface area contributed by atoms with E-state index in [0.29, 0.717) is 18.0 Å². The number of aryl methyl sites for hydroxylation is 1.